The first-order chi connectivity index (χ1) is 7.56. The third-order valence-electron chi connectivity index (χ3n) is 2.42. The number of morpholine rings is 1. The second-order valence-corrected chi connectivity index (χ2v) is 5.98. The van der Waals surface area contributed by atoms with Crippen LogP contribution >= 0.6 is 8.53 Å². The van der Waals surface area contributed by atoms with Gasteiger partial charge < -0.3 is 9.26 Å². The summed E-state index contributed by atoms with van der Waals surface area (Å²) in [6.07, 6.45) is 1.27. The van der Waals surface area contributed by atoms with E-state index < -0.39 is 8.53 Å². The highest BCUT2D eigenvalue weighted by atomic mass is 31.2. The van der Waals surface area contributed by atoms with Crippen LogP contribution in [0.25, 0.3) is 0 Å². The number of hydrogen-bond acceptors (Lipinski definition) is 5. The molecule has 1 aliphatic heterocycles. The van der Waals surface area contributed by atoms with Gasteiger partial charge in [0.2, 0.25) is 0 Å². The van der Waals surface area contributed by atoms with E-state index >= 15 is 0 Å². The van der Waals surface area contributed by atoms with Crippen molar-refractivity contribution in [3.05, 3.63) is 0 Å². The Labute approximate surface area is 100 Å². The molecule has 3 unspecified atom stereocenters. The molecule has 0 saturated carbocycles. The summed E-state index contributed by atoms with van der Waals surface area (Å²) in [5.74, 6) is 0. The van der Waals surface area contributed by atoms with E-state index in [1.807, 2.05) is 23.8 Å². The normalized spacial score (nSPS) is 29.6. The Hall–Kier alpha value is 0.295. The fourth-order valence-electron chi connectivity index (χ4n) is 1.66. The van der Waals surface area contributed by atoms with E-state index in [0.29, 0.717) is 0 Å². The average molecular weight is 248 g/mol. The average Bonchev–Trinajstić information content (AvgIpc) is 2.24. The number of ether oxygens (including phenoxy) is 1. The van der Waals surface area contributed by atoms with Gasteiger partial charge in [0.05, 0.1) is 12.6 Å². The molecule has 0 spiro atoms. The van der Waals surface area contributed by atoms with Crippen molar-refractivity contribution in [3.63, 3.8) is 0 Å². The highest BCUT2D eigenvalue weighted by molar-refractivity contribution is 7.44. The zero-order valence-electron chi connectivity index (χ0n) is 10.8. The molecule has 0 aromatic heterocycles. The molecule has 1 heterocycles. The molecule has 0 radical (unpaired) electrons. The number of hydroxylamine groups is 2. The Morgan fingerprint density at radius 1 is 1.50 bits per heavy atom. The van der Waals surface area contributed by atoms with Gasteiger partial charge in [-0.2, -0.15) is 5.06 Å². The molecule has 0 aromatic rings. The van der Waals surface area contributed by atoms with Crippen LogP contribution < -0.4 is 0 Å². The van der Waals surface area contributed by atoms with E-state index in [1.54, 1.807) is 7.11 Å². The maximum Gasteiger partial charge on any atom is 0.276 e. The van der Waals surface area contributed by atoms with Gasteiger partial charge in [-0.1, -0.05) is 6.92 Å². The van der Waals surface area contributed by atoms with Crippen LogP contribution in [0, 0.1) is 0 Å². The minimum Gasteiger partial charge on any atom is -0.381 e. The van der Waals surface area contributed by atoms with Crippen molar-refractivity contribution >= 4 is 16.4 Å². The quantitative estimate of drug-likeness (QED) is 0.520. The monoisotopic (exact) mass is 248 g/mol. The van der Waals surface area contributed by atoms with Gasteiger partial charge in [0.15, 0.2) is 0 Å². The summed E-state index contributed by atoms with van der Waals surface area (Å²) in [4.78, 5) is 0. The molecule has 1 fully saturated rings. The molecule has 0 N–H and O–H groups in total. The first-order valence-electron chi connectivity index (χ1n) is 5.66. The van der Waals surface area contributed by atoms with Gasteiger partial charge in [0, 0.05) is 19.7 Å². The first-order valence-corrected chi connectivity index (χ1v) is 6.79. The van der Waals surface area contributed by atoms with Crippen molar-refractivity contribution < 1.29 is 13.9 Å². The van der Waals surface area contributed by atoms with Gasteiger partial charge >= 0.3 is 0 Å². The number of rotatable bonds is 5. The molecule has 5 nitrogen and oxygen atoms in total. The van der Waals surface area contributed by atoms with Crippen LogP contribution in [-0.2, 0) is 13.9 Å². The fraction of sp³-hybridized carbons (Fsp3) is 1.00. The van der Waals surface area contributed by atoms with E-state index in [4.69, 9.17) is 13.9 Å². The van der Waals surface area contributed by atoms with Gasteiger partial charge in [-0.3, -0.25) is 0 Å². The molecular weight excluding hydrogens is 226 g/mol. The van der Waals surface area contributed by atoms with Crippen molar-refractivity contribution in [2.75, 3.05) is 34.3 Å². The van der Waals surface area contributed by atoms with E-state index in [9.17, 15) is 0 Å². The van der Waals surface area contributed by atoms with Crippen molar-refractivity contribution in [1.29, 1.82) is 0 Å². The summed E-state index contributed by atoms with van der Waals surface area (Å²) in [7, 11) is 6.68. The van der Waals surface area contributed by atoms with Crippen LogP contribution in [0.2, 0.25) is 0 Å². The van der Waals surface area contributed by atoms with E-state index in [0.717, 1.165) is 19.5 Å². The maximum atomic E-state index is 5.83. The highest BCUT2D eigenvalue weighted by Crippen LogP contribution is 2.40. The summed E-state index contributed by atoms with van der Waals surface area (Å²) in [6, 6.07) is 0.217. The van der Waals surface area contributed by atoms with Crippen molar-refractivity contribution in [1.82, 2.24) is 9.73 Å². The second kappa shape index (κ2) is 6.89. The predicted molar refractivity (Wildman–Crippen MR) is 67.8 cm³/mol. The lowest BCUT2D eigenvalue weighted by Gasteiger charge is -2.37. The summed E-state index contributed by atoms with van der Waals surface area (Å²) in [5, 5.41) is 1.97. The molecule has 1 saturated heterocycles. The molecule has 94 valence electrons. The molecule has 3 atom stereocenters. The third kappa shape index (κ3) is 4.28. The summed E-state index contributed by atoms with van der Waals surface area (Å²) in [6.45, 7) is 3.75. The molecule has 7 heteroatoms. The minimum absolute atomic E-state index is 0.217. The first kappa shape index (κ1) is 14.4. The van der Waals surface area contributed by atoms with E-state index in [-0.39, 0.29) is 12.1 Å². The highest BCUT2D eigenvalue weighted by Gasteiger charge is 2.27. The lowest BCUT2D eigenvalue weighted by Crippen LogP contribution is -2.47. The van der Waals surface area contributed by atoms with Crippen LogP contribution in [-0.4, -0.2) is 64.0 Å². The molecule has 1 rings (SSSR count). The Kier molecular flexibility index (Phi) is 6.18. The third-order valence-corrected chi connectivity index (χ3v) is 3.75. The smallest absolute Gasteiger partial charge is 0.276 e. The fourth-order valence-corrected chi connectivity index (χ4v) is 2.53. The topological polar surface area (TPSA) is 34.2 Å². The van der Waals surface area contributed by atoms with Gasteiger partial charge in [0.1, 0.15) is 7.85 Å². The minimum atomic E-state index is -0.980. The van der Waals surface area contributed by atoms with Crippen LogP contribution in [0.5, 0.6) is 0 Å². The Morgan fingerprint density at radius 3 is 2.69 bits per heavy atom. The molecule has 0 aliphatic carbocycles. The maximum absolute atomic E-state index is 5.83. The van der Waals surface area contributed by atoms with E-state index in [2.05, 4.69) is 14.8 Å². The largest absolute Gasteiger partial charge is 0.381 e. The number of hydrogen-bond donors (Lipinski definition) is 0. The Morgan fingerprint density at radius 2 is 2.19 bits per heavy atom. The molecule has 0 bridgehead atoms. The van der Waals surface area contributed by atoms with Gasteiger partial charge in [-0.25, -0.2) is 9.29 Å². The SMILES string of the molecule is BC1CN(OP(OC)N(C)C)CC(CC)O1. The molecule has 16 heavy (non-hydrogen) atoms. The standard InChI is InChI=1S/C9H22BN2O3P/c1-5-8-6-12(7-9(10)14-8)15-16(13-4)11(2)3/h8-9H,5-7,10H2,1-4H3. The van der Waals surface area contributed by atoms with Gasteiger partial charge in [-0.15, -0.1) is 0 Å². The predicted octanol–water partition coefficient (Wildman–Crippen LogP) is 0.423. The van der Waals surface area contributed by atoms with Crippen molar-refractivity contribution in [3.8, 4) is 0 Å². The second-order valence-electron chi connectivity index (χ2n) is 4.17. The van der Waals surface area contributed by atoms with Crippen LogP contribution in [0.4, 0.5) is 0 Å². The Balaban J connectivity index is 2.46. The zero-order chi connectivity index (χ0) is 12.1. The van der Waals surface area contributed by atoms with Crippen LogP contribution in [0.3, 0.4) is 0 Å². The van der Waals surface area contributed by atoms with Crippen LogP contribution in [0.1, 0.15) is 13.3 Å². The van der Waals surface area contributed by atoms with Crippen LogP contribution in [0.15, 0.2) is 0 Å². The molecular formula is C9H22BN2O3P. The lowest BCUT2D eigenvalue weighted by molar-refractivity contribution is -0.162. The van der Waals surface area contributed by atoms with Gasteiger partial charge in [0.25, 0.3) is 8.53 Å². The van der Waals surface area contributed by atoms with E-state index in [1.165, 1.54) is 0 Å². The summed E-state index contributed by atoms with van der Waals surface area (Å²) < 4.78 is 18.9. The molecule has 0 amide bonds. The summed E-state index contributed by atoms with van der Waals surface area (Å²) >= 11 is 0. The Bertz CT molecular complexity index is 211. The lowest BCUT2D eigenvalue weighted by atomic mass is 9.98. The summed E-state index contributed by atoms with van der Waals surface area (Å²) in [5.41, 5.74) is 0. The zero-order valence-corrected chi connectivity index (χ0v) is 11.7. The van der Waals surface area contributed by atoms with Gasteiger partial charge in [-0.05, 0) is 20.5 Å². The molecule has 0 aromatic carbocycles. The number of nitrogens with zero attached hydrogens (tertiary/aromatic N) is 2. The molecule has 1 aliphatic rings. The van der Waals surface area contributed by atoms with Crippen molar-refractivity contribution in [2.45, 2.75) is 25.5 Å². The van der Waals surface area contributed by atoms with Crippen molar-refractivity contribution in [2.24, 2.45) is 0 Å².